The molecule has 0 radical (unpaired) electrons. The lowest BCUT2D eigenvalue weighted by atomic mass is 10.2. The van der Waals surface area contributed by atoms with Crippen LogP contribution in [0.4, 0.5) is 5.69 Å². The van der Waals surface area contributed by atoms with Crippen LogP contribution >= 0.6 is 23.2 Å². The molecule has 7 nitrogen and oxygen atoms in total. The Morgan fingerprint density at radius 1 is 1.12 bits per heavy atom. The highest BCUT2D eigenvalue weighted by Gasteiger charge is 2.23. The Bertz CT molecular complexity index is 953. The van der Waals surface area contributed by atoms with Crippen molar-refractivity contribution < 1.29 is 19.1 Å². The molecule has 0 unspecified atom stereocenters. The molecule has 1 saturated heterocycles. The maximum absolute atomic E-state index is 12.6. The van der Waals surface area contributed by atoms with E-state index < -0.39 is 0 Å². The number of carbonyl (C=O) groups is 2. The summed E-state index contributed by atoms with van der Waals surface area (Å²) in [7, 11) is 1.52. The molecule has 3 rings (SSSR count). The van der Waals surface area contributed by atoms with Crippen molar-refractivity contribution in [1.29, 1.82) is 0 Å². The molecule has 0 bridgehead atoms. The number of ether oxygens (including phenoxy) is 2. The van der Waals surface area contributed by atoms with E-state index in [-0.39, 0.29) is 11.8 Å². The minimum atomic E-state index is -0.224. The number of benzene rings is 2. The molecule has 1 aliphatic heterocycles. The number of carbonyl (C=O) groups excluding carboxylic acids is 2. The number of rotatable bonds is 9. The van der Waals surface area contributed by atoms with Crippen LogP contribution in [0.15, 0.2) is 36.4 Å². The summed E-state index contributed by atoms with van der Waals surface area (Å²) in [5.74, 6) is 0.818. The largest absolute Gasteiger partial charge is 0.495 e. The van der Waals surface area contributed by atoms with Gasteiger partial charge in [0.25, 0.3) is 0 Å². The maximum Gasteiger partial charge on any atom is 0.236 e. The van der Waals surface area contributed by atoms with E-state index in [4.69, 9.17) is 32.7 Å². The summed E-state index contributed by atoms with van der Waals surface area (Å²) in [6.07, 6.45) is 0.660. The van der Waals surface area contributed by atoms with Crippen LogP contribution in [-0.4, -0.2) is 61.5 Å². The Morgan fingerprint density at radius 2 is 1.88 bits per heavy atom. The molecule has 1 aliphatic rings. The summed E-state index contributed by atoms with van der Waals surface area (Å²) in [5, 5.41) is 3.80. The number of anilines is 1. The Kier molecular flexibility index (Phi) is 8.61. The summed E-state index contributed by atoms with van der Waals surface area (Å²) in [5.41, 5.74) is 1.62. The van der Waals surface area contributed by atoms with Crippen molar-refractivity contribution in [3.63, 3.8) is 0 Å². The Hall–Kier alpha value is -2.48. The van der Waals surface area contributed by atoms with Gasteiger partial charge in [-0.1, -0.05) is 35.3 Å². The van der Waals surface area contributed by atoms with Crippen LogP contribution in [0.3, 0.4) is 0 Å². The number of amides is 2. The van der Waals surface area contributed by atoms with Gasteiger partial charge in [-0.2, -0.15) is 0 Å². The van der Waals surface area contributed by atoms with Crippen molar-refractivity contribution in [3.05, 3.63) is 52.0 Å². The van der Waals surface area contributed by atoms with Crippen LogP contribution in [0.1, 0.15) is 18.9 Å². The monoisotopic (exact) mass is 479 g/mol. The molecule has 0 saturated carbocycles. The highest BCUT2D eigenvalue weighted by atomic mass is 35.5. The topological polar surface area (TPSA) is 71.1 Å². The lowest BCUT2D eigenvalue weighted by Crippen LogP contribution is -2.50. The van der Waals surface area contributed by atoms with Crippen molar-refractivity contribution in [2.24, 2.45) is 0 Å². The lowest BCUT2D eigenvalue weighted by molar-refractivity contribution is -0.136. The third kappa shape index (κ3) is 6.76. The van der Waals surface area contributed by atoms with Gasteiger partial charge in [-0.15, -0.1) is 0 Å². The molecule has 1 N–H and O–H groups in total. The van der Waals surface area contributed by atoms with Crippen LogP contribution < -0.4 is 14.8 Å². The van der Waals surface area contributed by atoms with Crippen LogP contribution in [0.5, 0.6) is 11.5 Å². The first-order chi connectivity index (χ1) is 15.4. The number of nitrogens with zero attached hydrogens (tertiary/aromatic N) is 2. The number of methoxy groups -OCH3 is 1. The Balaban J connectivity index is 1.47. The second kappa shape index (κ2) is 11.4. The number of halogens is 2. The fraction of sp³-hybridized carbons (Fsp3) is 0.391. The van der Waals surface area contributed by atoms with E-state index in [1.807, 2.05) is 29.2 Å². The van der Waals surface area contributed by atoms with E-state index in [0.717, 1.165) is 18.7 Å². The van der Waals surface area contributed by atoms with E-state index in [0.29, 0.717) is 59.9 Å². The molecule has 172 valence electrons. The molecular formula is C23H27Cl2N3O4. The Morgan fingerprint density at radius 3 is 2.53 bits per heavy atom. The molecule has 0 aliphatic carbocycles. The maximum atomic E-state index is 12.6. The molecule has 0 aromatic heterocycles. The average molecular weight is 480 g/mol. The molecular weight excluding hydrogens is 453 g/mol. The summed E-state index contributed by atoms with van der Waals surface area (Å²) in [6.45, 7) is 5.02. The zero-order valence-corrected chi connectivity index (χ0v) is 19.7. The summed E-state index contributed by atoms with van der Waals surface area (Å²) in [6, 6.07) is 10.9. The SMILES string of the molecule is COc1cc(OCCCN2CCN(Cc3ccc(Cl)cc3)CC2=O)c(NC(C)=O)cc1Cl. The van der Waals surface area contributed by atoms with Gasteiger partial charge in [0.1, 0.15) is 11.5 Å². The Labute approximate surface area is 198 Å². The zero-order valence-electron chi connectivity index (χ0n) is 18.2. The molecule has 2 amide bonds. The first-order valence-electron chi connectivity index (χ1n) is 10.4. The molecule has 9 heteroatoms. The van der Waals surface area contributed by atoms with Crippen LogP contribution in [0.25, 0.3) is 0 Å². The van der Waals surface area contributed by atoms with E-state index in [9.17, 15) is 9.59 Å². The molecule has 2 aromatic carbocycles. The smallest absolute Gasteiger partial charge is 0.236 e. The highest BCUT2D eigenvalue weighted by Crippen LogP contribution is 2.36. The van der Waals surface area contributed by atoms with E-state index >= 15 is 0 Å². The third-order valence-electron chi connectivity index (χ3n) is 5.11. The molecule has 0 atom stereocenters. The minimum Gasteiger partial charge on any atom is -0.495 e. The summed E-state index contributed by atoms with van der Waals surface area (Å²) >= 11 is 12.1. The normalized spacial score (nSPS) is 14.4. The number of hydrogen-bond donors (Lipinski definition) is 1. The van der Waals surface area contributed by atoms with Crippen molar-refractivity contribution in [3.8, 4) is 11.5 Å². The fourth-order valence-corrected chi connectivity index (χ4v) is 3.88. The van der Waals surface area contributed by atoms with Gasteiger partial charge in [0.2, 0.25) is 11.8 Å². The van der Waals surface area contributed by atoms with Gasteiger partial charge in [0, 0.05) is 44.2 Å². The van der Waals surface area contributed by atoms with Crippen molar-refractivity contribution in [1.82, 2.24) is 9.80 Å². The summed E-state index contributed by atoms with van der Waals surface area (Å²) < 4.78 is 11.1. The predicted molar refractivity (Wildman–Crippen MR) is 126 cm³/mol. The van der Waals surface area contributed by atoms with Gasteiger partial charge in [-0.05, 0) is 30.2 Å². The molecule has 1 heterocycles. The predicted octanol–water partition coefficient (Wildman–Crippen LogP) is 4.07. The van der Waals surface area contributed by atoms with Gasteiger partial charge < -0.3 is 19.7 Å². The number of piperazine rings is 1. The first-order valence-corrected chi connectivity index (χ1v) is 11.1. The van der Waals surface area contributed by atoms with Gasteiger partial charge in [-0.3, -0.25) is 14.5 Å². The molecule has 2 aromatic rings. The van der Waals surface area contributed by atoms with Crippen LogP contribution in [0.2, 0.25) is 10.0 Å². The second-order valence-electron chi connectivity index (χ2n) is 7.58. The fourth-order valence-electron chi connectivity index (χ4n) is 3.51. The van der Waals surface area contributed by atoms with Crippen LogP contribution in [0, 0.1) is 0 Å². The second-order valence-corrected chi connectivity index (χ2v) is 8.43. The van der Waals surface area contributed by atoms with Crippen molar-refractivity contribution in [2.45, 2.75) is 19.9 Å². The average Bonchev–Trinajstić information content (AvgIpc) is 2.75. The quantitative estimate of drug-likeness (QED) is 0.548. The van der Waals surface area contributed by atoms with E-state index in [1.165, 1.54) is 14.0 Å². The van der Waals surface area contributed by atoms with E-state index in [1.54, 1.807) is 12.1 Å². The lowest BCUT2D eigenvalue weighted by Gasteiger charge is -2.34. The van der Waals surface area contributed by atoms with E-state index in [2.05, 4.69) is 10.2 Å². The van der Waals surface area contributed by atoms with Crippen molar-refractivity contribution in [2.75, 3.05) is 45.2 Å². The third-order valence-corrected chi connectivity index (χ3v) is 5.66. The highest BCUT2D eigenvalue weighted by molar-refractivity contribution is 6.32. The minimum absolute atomic E-state index is 0.109. The van der Waals surface area contributed by atoms with Crippen molar-refractivity contribution >= 4 is 40.7 Å². The van der Waals surface area contributed by atoms with Gasteiger partial charge >= 0.3 is 0 Å². The number of nitrogens with one attached hydrogen (secondary N) is 1. The van der Waals surface area contributed by atoms with Gasteiger partial charge in [-0.25, -0.2) is 0 Å². The van der Waals surface area contributed by atoms with Crippen LogP contribution in [-0.2, 0) is 16.1 Å². The number of hydrogen-bond acceptors (Lipinski definition) is 5. The molecule has 0 spiro atoms. The van der Waals surface area contributed by atoms with Gasteiger partial charge in [0.15, 0.2) is 0 Å². The molecule has 32 heavy (non-hydrogen) atoms. The summed E-state index contributed by atoms with van der Waals surface area (Å²) in [4.78, 5) is 28.0. The zero-order chi connectivity index (χ0) is 23.1. The molecule has 1 fully saturated rings. The van der Waals surface area contributed by atoms with Gasteiger partial charge in [0.05, 0.1) is 31.0 Å². The first kappa shape index (κ1) is 24.2. The standard InChI is InChI=1S/C23H27Cl2N3O4/c1-16(29)26-20-12-19(25)21(31-2)13-22(20)32-11-3-8-28-10-9-27(15-23(28)30)14-17-4-6-18(24)7-5-17/h4-7,12-13H,3,8-11,14-15H2,1-2H3,(H,26,29).